The molecule has 1 N–H and O–H groups in total. The largest absolute Gasteiger partial charge is 0.496 e. The summed E-state index contributed by atoms with van der Waals surface area (Å²) in [5.41, 5.74) is 2.98. The summed E-state index contributed by atoms with van der Waals surface area (Å²) in [5.74, 6) is 1.03. The van der Waals surface area contributed by atoms with E-state index in [1.807, 2.05) is 75.4 Å². The topological polar surface area (TPSA) is 77.1 Å². The highest BCUT2D eigenvalue weighted by Crippen LogP contribution is 2.27. The second kappa shape index (κ2) is 13.3. The highest BCUT2D eigenvalue weighted by atomic mass is 16.5. The van der Waals surface area contributed by atoms with Crippen molar-refractivity contribution in [3.8, 4) is 17.2 Å². The number of aryl methyl sites for hydroxylation is 1. The zero-order chi connectivity index (χ0) is 26.8. The van der Waals surface area contributed by atoms with Crippen molar-refractivity contribution >= 4 is 11.8 Å². The van der Waals surface area contributed by atoms with Crippen molar-refractivity contribution in [2.45, 2.75) is 45.8 Å². The highest BCUT2D eigenvalue weighted by Gasteiger charge is 2.31. The van der Waals surface area contributed by atoms with Crippen LogP contribution in [0, 0.1) is 6.92 Å². The van der Waals surface area contributed by atoms with E-state index in [1.54, 1.807) is 37.3 Å². The SMILES string of the molecule is COc1cc(OC)cc(OCC(=O)N(Cc2cccc(C)c2)[C@@H](Cc2ccccc2)C(=O)NC(C)C)c1. The zero-order valence-electron chi connectivity index (χ0n) is 22.2. The van der Waals surface area contributed by atoms with Crippen LogP contribution >= 0.6 is 0 Å². The lowest BCUT2D eigenvalue weighted by Gasteiger charge is -2.32. The first-order valence-electron chi connectivity index (χ1n) is 12.3. The zero-order valence-corrected chi connectivity index (χ0v) is 22.2. The summed E-state index contributed by atoms with van der Waals surface area (Å²) in [7, 11) is 3.10. The van der Waals surface area contributed by atoms with Crippen molar-refractivity contribution in [1.82, 2.24) is 10.2 Å². The van der Waals surface area contributed by atoms with Gasteiger partial charge in [0.05, 0.1) is 14.2 Å². The minimum Gasteiger partial charge on any atom is -0.496 e. The van der Waals surface area contributed by atoms with Gasteiger partial charge in [0, 0.05) is 37.2 Å². The number of benzene rings is 3. The van der Waals surface area contributed by atoms with E-state index in [4.69, 9.17) is 14.2 Å². The molecule has 3 aromatic carbocycles. The lowest BCUT2D eigenvalue weighted by Crippen LogP contribution is -2.52. The standard InChI is InChI=1S/C30H36N2O5/c1-21(2)31-30(34)28(15-23-11-7-6-8-12-23)32(19-24-13-9-10-22(3)14-24)29(33)20-37-27-17-25(35-4)16-26(18-27)36-5/h6-14,16-18,21,28H,15,19-20H2,1-5H3,(H,31,34)/t28-/m0/s1. The maximum absolute atomic E-state index is 13.7. The van der Waals surface area contributed by atoms with E-state index in [-0.39, 0.29) is 31.0 Å². The molecule has 0 saturated carbocycles. The molecule has 196 valence electrons. The van der Waals surface area contributed by atoms with Crippen LogP contribution in [0.15, 0.2) is 72.8 Å². The second-order valence-corrected chi connectivity index (χ2v) is 9.22. The Balaban J connectivity index is 1.92. The number of amides is 2. The molecule has 0 saturated heterocycles. The Hall–Kier alpha value is -4.00. The first-order chi connectivity index (χ1) is 17.8. The van der Waals surface area contributed by atoms with Crippen molar-refractivity contribution in [1.29, 1.82) is 0 Å². The van der Waals surface area contributed by atoms with Crippen LogP contribution in [0.1, 0.15) is 30.5 Å². The molecule has 0 aliphatic rings. The summed E-state index contributed by atoms with van der Waals surface area (Å²) in [5, 5.41) is 2.99. The van der Waals surface area contributed by atoms with Crippen LogP contribution in [0.2, 0.25) is 0 Å². The number of hydrogen-bond acceptors (Lipinski definition) is 5. The van der Waals surface area contributed by atoms with Gasteiger partial charge in [0.2, 0.25) is 5.91 Å². The maximum atomic E-state index is 13.7. The molecule has 0 aromatic heterocycles. The average molecular weight is 505 g/mol. The Kier molecular flexibility index (Phi) is 9.95. The van der Waals surface area contributed by atoms with Crippen LogP contribution in [-0.4, -0.2) is 49.6 Å². The molecule has 37 heavy (non-hydrogen) atoms. The van der Waals surface area contributed by atoms with E-state index in [2.05, 4.69) is 5.32 Å². The fourth-order valence-corrected chi connectivity index (χ4v) is 4.03. The Bertz CT molecular complexity index is 1160. The predicted octanol–water partition coefficient (Wildman–Crippen LogP) is 4.56. The van der Waals surface area contributed by atoms with Crippen LogP contribution in [0.3, 0.4) is 0 Å². The molecule has 3 aromatic rings. The van der Waals surface area contributed by atoms with Gasteiger partial charge in [0.15, 0.2) is 6.61 Å². The van der Waals surface area contributed by atoms with Crippen LogP contribution in [-0.2, 0) is 22.6 Å². The molecule has 0 aliphatic heterocycles. The van der Waals surface area contributed by atoms with Crippen molar-refractivity contribution in [3.05, 3.63) is 89.5 Å². The Morgan fingerprint density at radius 1 is 0.838 bits per heavy atom. The van der Waals surface area contributed by atoms with Gasteiger partial charge >= 0.3 is 0 Å². The number of rotatable bonds is 12. The van der Waals surface area contributed by atoms with E-state index in [0.717, 1.165) is 16.7 Å². The first-order valence-corrected chi connectivity index (χ1v) is 12.3. The Morgan fingerprint density at radius 3 is 2.05 bits per heavy atom. The van der Waals surface area contributed by atoms with Crippen molar-refractivity contribution in [2.24, 2.45) is 0 Å². The quantitative estimate of drug-likeness (QED) is 0.391. The minimum atomic E-state index is -0.721. The van der Waals surface area contributed by atoms with Gasteiger partial charge in [-0.3, -0.25) is 9.59 Å². The van der Waals surface area contributed by atoms with Crippen molar-refractivity contribution < 1.29 is 23.8 Å². The van der Waals surface area contributed by atoms with E-state index >= 15 is 0 Å². The van der Waals surface area contributed by atoms with Gasteiger partial charge in [-0.25, -0.2) is 0 Å². The Morgan fingerprint density at radius 2 is 1.46 bits per heavy atom. The highest BCUT2D eigenvalue weighted by molar-refractivity contribution is 5.88. The summed E-state index contributed by atoms with van der Waals surface area (Å²) in [6.45, 7) is 5.84. The fourth-order valence-electron chi connectivity index (χ4n) is 4.03. The third-order valence-electron chi connectivity index (χ3n) is 5.82. The van der Waals surface area contributed by atoms with E-state index < -0.39 is 6.04 Å². The van der Waals surface area contributed by atoms with Crippen LogP contribution in [0.25, 0.3) is 0 Å². The summed E-state index contributed by atoms with van der Waals surface area (Å²) >= 11 is 0. The Labute approximate surface area is 219 Å². The van der Waals surface area contributed by atoms with Gasteiger partial charge in [-0.15, -0.1) is 0 Å². The third kappa shape index (κ3) is 8.27. The van der Waals surface area contributed by atoms with Gasteiger partial charge in [-0.05, 0) is 31.9 Å². The molecule has 0 bridgehead atoms. The van der Waals surface area contributed by atoms with Crippen LogP contribution in [0.4, 0.5) is 0 Å². The maximum Gasteiger partial charge on any atom is 0.261 e. The van der Waals surface area contributed by atoms with Gasteiger partial charge in [0.1, 0.15) is 23.3 Å². The molecule has 0 fully saturated rings. The molecular formula is C30H36N2O5. The average Bonchev–Trinajstić information content (AvgIpc) is 2.89. The number of methoxy groups -OCH3 is 2. The first kappa shape index (κ1) is 27.6. The number of carbonyl (C=O) groups is 2. The number of ether oxygens (including phenoxy) is 3. The van der Waals surface area contributed by atoms with E-state index in [9.17, 15) is 9.59 Å². The molecule has 1 atom stereocenters. The van der Waals surface area contributed by atoms with Crippen LogP contribution in [0.5, 0.6) is 17.2 Å². The molecule has 2 amide bonds. The lowest BCUT2D eigenvalue weighted by molar-refractivity contribution is -0.143. The molecule has 3 rings (SSSR count). The number of carbonyl (C=O) groups excluding carboxylic acids is 2. The van der Waals surface area contributed by atoms with E-state index in [1.165, 1.54) is 0 Å². The summed E-state index contributed by atoms with van der Waals surface area (Å²) in [6.07, 6.45) is 0.379. The smallest absolute Gasteiger partial charge is 0.261 e. The van der Waals surface area contributed by atoms with Gasteiger partial charge < -0.3 is 24.4 Å². The summed E-state index contributed by atoms with van der Waals surface area (Å²) < 4.78 is 16.5. The molecular weight excluding hydrogens is 468 g/mol. The molecule has 0 aliphatic carbocycles. The van der Waals surface area contributed by atoms with Gasteiger partial charge in [-0.2, -0.15) is 0 Å². The normalized spacial score (nSPS) is 11.5. The van der Waals surface area contributed by atoms with E-state index in [0.29, 0.717) is 23.7 Å². The minimum absolute atomic E-state index is 0.0674. The van der Waals surface area contributed by atoms with Crippen molar-refractivity contribution in [2.75, 3.05) is 20.8 Å². The predicted molar refractivity (Wildman–Crippen MR) is 144 cm³/mol. The van der Waals surface area contributed by atoms with Crippen molar-refractivity contribution in [3.63, 3.8) is 0 Å². The fraction of sp³-hybridized carbons (Fsp3) is 0.333. The summed E-state index contributed by atoms with van der Waals surface area (Å²) in [4.78, 5) is 28.7. The monoisotopic (exact) mass is 504 g/mol. The number of nitrogens with zero attached hydrogens (tertiary/aromatic N) is 1. The third-order valence-corrected chi connectivity index (χ3v) is 5.82. The molecule has 7 nitrogen and oxygen atoms in total. The molecule has 0 spiro atoms. The van der Waals surface area contributed by atoms with Gasteiger partial charge in [-0.1, -0.05) is 60.2 Å². The second-order valence-electron chi connectivity index (χ2n) is 9.22. The summed E-state index contributed by atoms with van der Waals surface area (Å²) in [6, 6.07) is 22.0. The number of nitrogens with one attached hydrogen (secondary N) is 1. The molecule has 0 heterocycles. The molecule has 7 heteroatoms. The van der Waals surface area contributed by atoms with Crippen LogP contribution < -0.4 is 19.5 Å². The number of hydrogen-bond donors (Lipinski definition) is 1. The lowest BCUT2D eigenvalue weighted by atomic mass is 10.0. The molecule has 0 unspecified atom stereocenters. The van der Waals surface area contributed by atoms with Gasteiger partial charge in [0.25, 0.3) is 5.91 Å². The molecule has 0 radical (unpaired) electrons.